The number of barbiturate groups is 1. The molecule has 4 amide bonds. The first-order valence-corrected chi connectivity index (χ1v) is 5.87. The van der Waals surface area contributed by atoms with Crippen LogP contribution in [0.15, 0.2) is 18.2 Å². The van der Waals surface area contributed by atoms with Crippen molar-refractivity contribution in [3.63, 3.8) is 0 Å². The lowest BCUT2D eigenvalue weighted by Crippen LogP contribution is -2.49. The smallest absolute Gasteiger partial charge is 0.328 e. The number of amides is 4. The molecule has 1 heterocycles. The van der Waals surface area contributed by atoms with Gasteiger partial charge in [-0.05, 0) is 17.7 Å². The minimum Gasteiger partial charge on any atom is -0.504 e. The van der Waals surface area contributed by atoms with Crippen molar-refractivity contribution in [2.75, 3.05) is 6.54 Å². The highest BCUT2D eigenvalue weighted by Gasteiger charge is 2.20. The van der Waals surface area contributed by atoms with Crippen LogP contribution in [0.3, 0.4) is 0 Å². The lowest BCUT2D eigenvalue weighted by Gasteiger charge is -2.09. The van der Waals surface area contributed by atoms with Gasteiger partial charge >= 0.3 is 6.03 Å². The molecule has 1 saturated heterocycles. The summed E-state index contributed by atoms with van der Waals surface area (Å²) < 4.78 is 0. The van der Waals surface area contributed by atoms with E-state index >= 15 is 0 Å². The van der Waals surface area contributed by atoms with E-state index in [1.165, 1.54) is 18.2 Å². The number of phenols is 2. The molecule has 9 heteroatoms. The maximum absolute atomic E-state index is 10.3. The lowest BCUT2D eigenvalue weighted by molar-refractivity contribution is -0.129. The van der Waals surface area contributed by atoms with Gasteiger partial charge in [0.1, 0.15) is 6.42 Å². The number of phenolic OH excluding ortho intramolecular Hbond substituents is 2. The van der Waals surface area contributed by atoms with Crippen molar-refractivity contribution in [1.29, 1.82) is 0 Å². The van der Waals surface area contributed by atoms with E-state index in [1.807, 2.05) is 10.6 Å². The molecule has 114 valence electrons. The Morgan fingerprint density at radius 1 is 1.10 bits per heavy atom. The Labute approximate surface area is 119 Å². The van der Waals surface area contributed by atoms with Crippen LogP contribution in [0.25, 0.3) is 0 Å². The number of nitrogens with one attached hydrogen (secondary N) is 2. The van der Waals surface area contributed by atoms with Crippen molar-refractivity contribution in [3.8, 4) is 11.5 Å². The minimum atomic E-state index is -0.795. The standard InChI is InChI=1S/C8H11NO3.C4H4N2O3/c9-4-8(12)5-1-2-6(10)7(11)3-5;7-2-1-3(8)6-4(9)5-2/h1-3,8,10-12H,4,9H2;1H2,(H2,5,6,7,8,9). The van der Waals surface area contributed by atoms with Crippen LogP contribution >= 0.6 is 0 Å². The zero-order valence-corrected chi connectivity index (χ0v) is 10.9. The number of carbonyl (C=O) groups excluding carboxylic acids is 3. The van der Waals surface area contributed by atoms with Crippen LogP contribution < -0.4 is 16.4 Å². The van der Waals surface area contributed by atoms with Gasteiger partial charge in [0.15, 0.2) is 11.5 Å². The number of aliphatic hydroxyl groups is 1. The first kappa shape index (κ1) is 16.4. The van der Waals surface area contributed by atoms with Crippen molar-refractivity contribution < 1.29 is 29.7 Å². The van der Waals surface area contributed by atoms with E-state index in [4.69, 9.17) is 15.9 Å². The third kappa shape index (κ3) is 5.09. The number of aromatic hydroxyl groups is 2. The molecule has 9 nitrogen and oxygen atoms in total. The van der Waals surface area contributed by atoms with E-state index in [2.05, 4.69) is 0 Å². The van der Waals surface area contributed by atoms with Gasteiger partial charge in [-0.2, -0.15) is 0 Å². The molecule has 7 N–H and O–H groups in total. The SMILES string of the molecule is NCC(O)c1ccc(O)c(O)c1.O=C1CC(=O)NC(=O)N1. The molecule has 0 aromatic heterocycles. The Hall–Kier alpha value is -2.65. The second-order valence-corrected chi connectivity index (χ2v) is 4.10. The number of hydrogen-bond donors (Lipinski definition) is 6. The number of nitrogens with two attached hydrogens (primary N) is 1. The molecule has 1 aromatic rings. The third-order valence-electron chi connectivity index (χ3n) is 2.43. The van der Waals surface area contributed by atoms with Crippen LogP contribution in [0.4, 0.5) is 4.79 Å². The molecule has 2 rings (SSSR count). The summed E-state index contributed by atoms with van der Waals surface area (Å²) in [4.78, 5) is 30.8. The normalized spacial score (nSPS) is 15.4. The Bertz CT molecular complexity index is 515. The van der Waals surface area contributed by atoms with Crippen molar-refractivity contribution >= 4 is 17.8 Å². The van der Waals surface area contributed by atoms with Crippen LogP contribution in [0.2, 0.25) is 0 Å². The van der Waals surface area contributed by atoms with Crippen molar-refractivity contribution in [1.82, 2.24) is 10.6 Å². The van der Waals surface area contributed by atoms with Gasteiger partial charge in [-0.3, -0.25) is 20.2 Å². The van der Waals surface area contributed by atoms with Crippen molar-refractivity contribution in [2.45, 2.75) is 12.5 Å². The van der Waals surface area contributed by atoms with Gasteiger partial charge in [0, 0.05) is 6.54 Å². The zero-order valence-electron chi connectivity index (χ0n) is 10.9. The molecule has 1 unspecified atom stereocenters. The highest BCUT2D eigenvalue weighted by Crippen LogP contribution is 2.27. The highest BCUT2D eigenvalue weighted by atomic mass is 16.3. The summed E-state index contributed by atoms with van der Waals surface area (Å²) in [6, 6.07) is 3.36. The summed E-state index contributed by atoms with van der Waals surface area (Å²) >= 11 is 0. The molecular formula is C12H15N3O6. The number of hydrogen-bond acceptors (Lipinski definition) is 7. The van der Waals surface area contributed by atoms with Crippen LogP contribution in [-0.2, 0) is 9.59 Å². The molecule has 1 aliphatic heterocycles. The number of aliphatic hydroxyl groups excluding tert-OH is 1. The fraction of sp³-hybridized carbons (Fsp3) is 0.250. The summed E-state index contributed by atoms with van der Waals surface area (Å²) in [6.45, 7) is 0.0875. The Kier molecular flexibility index (Phi) is 5.64. The molecule has 1 atom stereocenters. The summed E-state index contributed by atoms with van der Waals surface area (Å²) in [5.74, 6) is -1.56. The van der Waals surface area contributed by atoms with E-state index in [0.717, 1.165) is 0 Å². The molecule has 0 radical (unpaired) electrons. The summed E-state index contributed by atoms with van der Waals surface area (Å²) in [5.41, 5.74) is 5.69. The maximum atomic E-state index is 10.3. The van der Waals surface area contributed by atoms with Crippen LogP contribution in [0, 0.1) is 0 Å². The Morgan fingerprint density at radius 3 is 2.10 bits per heavy atom. The number of rotatable bonds is 2. The monoisotopic (exact) mass is 297 g/mol. The first-order valence-electron chi connectivity index (χ1n) is 5.87. The van der Waals surface area contributed by atoms with Crippen LogP contribution in [-0.4, -0.2) is 39.7 Å². The lowest BCUT2D eigenvalue weighted by atomic mass is 10.1. The zero-order chi connectivity index (χ0) is 16.0. The van der Waals surface area contributed by atoms with Crippen molar-refractivity contribution in [3.05, 3.63) is 23.8 Å². The van der Waals surface area contributed by atoms with Gasteiger partial charge < -0.3 is 21.1 Å². The van der Waals surface area contributed by atoms with E-state index in [9.17, 15) is 19.5 Å². The largest absolute Gasteiger partial charge is 0.504 e. The van der Waals surface area contributed by atoms with Gasteiger partial charge in [-0.25, -0.2) is 4.79 Å². The van der Waals surface area contributed by atoms with Gasteiger partial charge in [-0.1, -0.05) is 6.07 Å². The molecule has 1 aliphatic rings. The molecule has 1 fully saturated rings. The predicted molar refractivity (Wildman–Crippen MR) is 70.1 cm³/mol. The predicted octanol–water partition coefficient (Wildman–Crippen LogP) is -1.17. The van der Waals surface area contributed by atoms with Gasteiger partial charge in [0.25, 0.3) is 0 Å². The molecular weight excluding hydrogens is 282 g/mol. The quantitative estimate of drug-likeness (QED) is 0.296. The number of urea groups is 1. The van der Waals surface area contributed by atoms with E-state index in [0.29, 0.717) is 5.56 Å². The minimum absolute atomic E-state index is 0.0875. The number of imide groups is 2. The van der Waals surface area contributed by atoms with E-state index in [-0.39, 0.29) is 24.5 Å². The summed E-state index contributed by atoms with van der Waals surface area (Å²) in [6.07, 6.45) is -1.05. The second kappa shape index (κ2) is 7.22. The average molecular weight is 297 g/mol. The Morgan fingerprint density at radius 2 is 1.67 bits per heavy atom. The van der Waals surface area contributed by atoms with Gasteiger partial charge in [-0.15, -0.1) is 0 Å². The summed E-state index contributed by atoms with van der Waals surface area (Å²) in [5, 5.41) is 31.0. The molecule has 21 heavy (non-hydrogen) atoms. The number of carbonyl (C=O) groups is 3. The molecule has 0 aliphatic carbocycles. The highest BCUT2D eigenvalue weighted by molar-refractivity contribution is 6.14. The molecule has 0 bridgehead atoms. The average Bonchev–Trinajstić information content (AvgIpc) is 2.40. The second-order valence-electron chi connectivity index (χ2n) is 4.10. The van der Waals surface area contributed by atoms with E-state index in [1.54, 1.807) is 0 Å². The van der Waals surface area contributed by atoms with Crippen LogP contribution in [0.5, 0.6) is 11.5 Å². The fourth-order valence-electron chi connectivity index (χ4n) is 1.40. The maximum Gasteiger partial charge on any atom is 0.328 e. The van der Waals surface area contributed by atoms with Crippen molar-refractivity contribution in [2.24, 2.45) is 5.73 Å². The topological polar surface area (TPSA) is 162 Å². The Balaban J connectivity index is 0.000000219. The third-order valence-corrected chi connectivity index (χ3v) is 2.43. The fourth-order valence-corrected chi connectivity index (χ4v) is 1.40. The van der Waals surface area contributed by atoms with Crippen LogP contribution in [0.1, 0.15) is 18.1 Å². The van der Waals surface area contributed by atoms with E-state index < -0.39 is 23.9 Å². The molecule has 0 saturated carbocycles. The molecule has 1 aromatic carbocycles. The summed E-state index contributed by atoms with van der Waals surface area (Å²) in [7, 11) is 0. The van der Waals surface area contributed by atoms with Gasteiger partial charge in [0.05, 0.1) is 6.10 Å². The first-order chi connectivity index (χ1) is 9.83. The molecule has 0 spiro atoms. The number of benzene rings is 1. The van der Waals surface area contributed by atoms with Gasteiger partial charge in [0.2, 0.25) is 11.8 Å².